The van der Waals surface area contributed by atoms with Crippen LogP contribution in [0.25, 0.3) is 0 Å². The SMILES string of the molecule is CN(Cc1ccc(Br)cc1)C(=O)CNCC1CC1. The molecule has 18 heavy (non-hydrogen) atoms. The lowest BCUT2D eigenvalue weighted by Crippen LogP contribution is -2.35. The minimum absolute atomic E-state index is 0.151. The summed E-state index contributed by atoms with van der Waals surface area (Å²) in [4.78, 5) is 13.6. The second-order valence-corrected chi connectivity index (χ2v) is 5.87. The van der Waals surface area contributed by atoms with Crippen molar-refractivity contribution in [3.63, 3.8) is 0 Å². The molecule has 1 saturated carbocycles. The first kappa shape index (κ1) is 13.6. The highest BCUT2D eigenvalue weighted by atomic mass is 79.9. The van der Waals surface area contributed by atoms with Crippen molar-refractivity contribution in [2.45, 2.75) is 19.4 Å². The maximum atomic E-state index is 11.9. The molecule has 0 radical (unpaired) electrons. The van der Waals surface area contributed by atoms with Crippen LogP contribution in [0, 0.1) is 5.92 Å². The lowest BCUT2D eigenvalue weighted by molar-refractivity contribution is -0.129. The van der Waals surface area contributed by atoms with Gasteiger partial charge in [0.25, 0.3) is 0 Å². The van der Waals surface area contributed by atoms with Crippen LogP contribution in [0.3, 0.4) is 0 Å². The summed E-state index contributed by atoms with van der Waals surface area (Å²) in [5, 5.41) is 3.22. The third kappa shape index (κ3) is 4.42. The Labute approximate surface area is 117 Å². The maximum Gasteiger partial charge on any atom is 0.236 e. The molecule has 0 heterocycles. The van der Waals surface area contributed by atoms with Crippen LogP contribution in [0.5, 0.6) is 0 Å². The number of halogens is 1. The van der Waals surface area contributed by atoms with Gasteiger partial charge in [-0.1, -0.05) is 28.1 Å². The molecule has 2 rings (SSSR count). The summed E-state index contributed by atoms with van der Waals surface area (Å²) in [6.45, 7) is 2.10. The van der Waals surface area contributed by atoms with Crippen molar-refractivity contribution in [1.29, 1.82) is 0 Å². The number of nitrogens with zero attached hydrogens (tertiary/aromatic N) is 1. The van der Waals surface area contributed by atoms with Gasteiger partial charge in [0.2, 0.25) is 5.91 Å². The first-order chi connectivity index (χ1) is 8.65. The number of likely N-dealkylation sites (N-methyl/N-ethyl adjacent to an activating group) is 1. The number of hydrogen-bond acceptors (Lipinski definition) is 2. The molecule has 0 atom stereocenters. The van der Waals surface area contributed by atoms with Crippen molar-refractivity contribution in [3.8, 4) is 0 Å². The van der Waals surface area contributed by atoms with Crippen LogP contribution in [0.4, 0.5) is 0 Å². The fourth-order valence-corrected chi connectivity index (χ4v) is 2.06. The van der Waals surface area contributed by atoms with Gasteiger partial charge in [0.15, 0.2) is 0 Å². The zero-order chi connectivity index (χ0) is 13.0. The van der Waals surface area contributed by atoms with E-state index in [-0.39, 0.29) is 5.91 Å². The smallest absolute Gasteiger partial charge is 0.236 e. The van der Waals surface area contributed by atoms with Crippen molar-refractivity contribution in [2.75, 3.05) is 20.1 Å². The fraction of sp³-hybridized carbons (Fsp3) is 0.500. The Kier molecular flexibility index (Phi) is 4.78. The molecular weight excluding hydrogens is 292 g/mol. The Balaban J connectivity index is 1.73. The van der Waals surface area contributed by atoms with Gasteiger partial charge in [0.05, 0.1) is 6.54 Å². The predicted octanol–water partition coefficient (Wildman–Crippen LogP) is 2.41. The Morgan fingerprint density at radius 3 is 2.67 bits per heavy atom. The number of benzene rings is 1. The summed E-state index contributed by atoms with van der Waals surface area (Å²) in [7, 11) is 1.85. The van der Waals surface area contributed by atoms with Gasteiger partial charge in [-0.25, -0.2) is 0 Å². The summed E-state index contributed by atoms with van der Waals surface area (Å²) < 4.78 is 1.06. The van der Waals surface area contributed by atoms with Gasteiger partial charge >= 0.3 is 0 Å². The van der Waals surface area contributed by atoms with E-state index >= 15 is 0 Å². The third-order valence-electron chi connectivity index (χ3n) is 3.16. The number of amides is 1. The molecule has 0 aromatic heterocycles. The van der Waals surface area contributed by atoms with Gasteiger partial charge in [-0.3, -0.25) is 4.79 Å². The van der Waals surface area contributed by atoms with Crippen molar-refractivity contribution in [3.05, 3.63) is 34.3 Å². The minimum Gasteiger partial charge on any atom is -0.340 e. The van der Waals surface area contributed by atoms with E-state index in [2.05, 4.69) is 21.2 Å². The molecule has 0 saturated heterocycles. The minimum atomic E-state index is 0.151. The van der Waals surface area contributed by atoms with Crippen molar-refractivity contribution in [2.24, 2.45) is 5.92 Å². The molecule has 1 aromatic rings. The lowest BCUT2D eigenvalue weighted by Gasteiger charge is -2.17. The molecule has 3 nitrogen and oxygen atoms in total. The second kappa shape index (κ2) is 6.34. The molecule has 1 aliphatic carbocycles. The van der Waals surface area contributed by atoms with E-state index in [9.17, 15) is 4.79 Å². The normalized spacial score (nSPS) is 14.6. The average molecular weight is 311 g/mol. The second-order valence-electron chi connectivity index (χ2n) is 4.95. The number of carbonyl (C=O) groups is 1. The number of hydrogen-bond donors (Lipinski definition) is 1. The van der Waals surface area contributed by atoms with Gasteiger partial charge in [-0.2, -0.15) is 0 Å². The molecule has 4 heteroatoms. The fourth-order valence-electron chi connectivity index (χ4n) is 1.79. The summed E-state index contributed by atoms with van der Waals surface area (Å²) in [5.41, 5.74) is 1.15. The Morgan fingerprint density at radius 2 is 2.06 bits per heavy atom. The van der Waals surface area contributed by atoms with Gasteiger partial charge < -0.3 is 10.2 Å². The molecule has 1 aliphatic rings. The highest BCUT2D eigenvalue weighted by molar-refractivity contribution is 9.10. The summed E-state index contributed by atoms with van der Waals surface area (Å²) in [6.07, 6.45) is 2.63. The van der Waals surface area contributed by atoms with Crippen LogP contribution in [0.2, 0.25) is 0 Å². The number of carbonyl (C=O) groups excluding carboxylic acids is 1. The van der Waals surface area contributed by atoms with Crippen LogP contribution in [-0.4, -0.2) is 30.9 Å². The molecule has 1 fully saturated rings. The molecule has 1 amide bonds. The van der Waals surface area contributed by atoms with Crippen molar-refractivity contribution >= 4 is 21.8 Å². The van der Waals surface area contributed by atoms with Crippen molar-refractivity contribution in [1.82, 2.24) is 10.2 Å². The predicted molar refractivity (Wildman–Crippen MR) is 76.2 cm³/mol. The van der Waals surface area contributed by atoms with Gasteiger partial charge in [-0.05, 0) is 43.0 Å². The molecule has 0 aliphatic heterocycles. The van der Waals surface area contributed by atoms with Gasteiger partial charge in [-0.15, -0.1) is 0 Å². The van der Waals surface area contributed by atoms with E-state index in [1.165, 1.54) is 12.8 Å². The first-order valence-electron chi connectivity index (χ1n) is 6.34. The highest BCUT2D eigenvalue weighted by Crippen LogP contribution is 2.27. The average Bonchev–Trinajstić information content (AvgIpc) is 3.16. The Morgan fingerprint density at radius 1 is 1.39 bits per heavy atom. The van der Waals surface area contributed by atoms with Gasteiger partial charge in [0.1, 0.15) is 0 Å². The van der Waals surface area contributed by atoms with Crippen LogP contribution in [-0.2, 0) is 11.3 Å². The highest BCUT2D eigenvalue weighted by Gasteiger charge is 2.20. The monoisotopic (exact) mass is 310 g/mol. The first-order valence-corrected chi connectivity index (χ1v) is 7.13. The molecule has 0 spiro atoms. The summed E-state index contributed by atoms with van der Waals surface area (Å²) in [5.74, 6) is 0.966. The third-order valence-corrected chi connectivity index (χ3v) is 3.69. The quantitative estimate of drug-likeness (QED) is 0.875. The molecule has 98 valence electrons. The molecular formula is C14H19BrN2O. The lowest BCUT2D eigenvalue weighted by atomic mass is 10.2. The van der Waals surface area contributed by atoms with Crippen LogP contribution in [0.1, 0.15) is 18.4 Å². The summed E-state index contributed by atoms with van der Waals surface area (Å²) >= 11 is 3.40. The van der Waals surface area contributed by atoms with E-state index in [1.54, 1.807) is 4.90 Å². The maximum absolute atomic E-state index is 11.9. The number of nitrogens with one attached hydrogen (secondary N) is 1. The zero-order valence-electron chi connectivity index (χ0n) is 10.7. The van der Waals surface area contributed by atoms with E-state index < -0.39 is 0 Å². The van der Waals surface area contributed by atoms with Gasteiger partial charge in [0, 0.05) is 18.1 Å². The van der Waals surface area contributed by atoms with Crippen LogP contribution < -0.4 is 5.32 Å². The standard InChI is InChI=1S/C14H19BrN2O/c1-17(10-12-4-6-13(15)7-5-12)14(18)9-16-8-11-2-3-11/h4-7,11,16H,2-3,8-10H2,1H3. The molecule has 0 bridgehead atoms. The van der Waals surface area contributed by atoms with Crippen LogP contribution >= 0.6 is 15.9 Å². The van der Waals surface area contributed by atoms with E-state index in [0.717, 1.165) is 22.5 Å². The Bertz CT molecular complexity index is 401. The number of rotatable bonds is 6. The molecule has 0 unspecified atom stereocenters. The van der Waals surface area contributed by atoms with E-state index in [4.69, 9.17) is 0 Å². The summed E-state index contributed by atoms with van der Waals surface area (Å²) in [6, 6.07) is 8.06. The van der Waals surface area contributed by atoms with E-state index in [0.29, 0.717) is 13.1 Å². The largest absolute Gasteiger partial charge is 0.340 e. The van der Waals surface area contributed by atoms with Crippen LogP contribution in [0.15, 0.2) is 28.7 Å². The molecule has 1 N–H and O–H groups in total. The zero-order valence-corrected chi connectivity index (χ0v) is 12.2. The topological polar surface area (TPSA) is 32.3 Å². The van der Waals surface area contributed by atoms with E-state index in [1.807, 2.05) is 31.3 Å². The van der Waals surface area contributed by atoms with Crippen molar-refractivity contribution < 1.29 is 4.79 Å². The molecule has 1 aromatic carbocycles. The Hall–Kier alpha value is -0.870.